The van der Waals surface area contributed by atoms with Crippen molar-refractivity contribution in [2.75, 3.05) is 11.9 Å². The van der Waals surface area contributed by atoms with Crippen LogP contribution in [-0.2, 0) is 6.54 Å². The summed E-state index contributed by atoms with van der Waals surface area (Å²) in [4.78, 5) is 12.1. The van der Waals surface area contributed by atoms with E-state index in [0.717, 1.165) is 30.8 Å². The highest BCUT2D eigenvalue weighted by Gasteiger charge is 2.06. The van der Waals surface area contributed by atoms with Crippen molar-refractivity contribution in [3.05, 3.63) is 59.7 Å². The summed E-state index contributed by atoms with van der Waals surface area (Å²) < 4.78 is 0. The third kappa shape index (κ3) is 4.61. The fraction of sp³-hybridized carbons (Fsp3) is 0.235. The Bertz CT molecular complexity index is 594. The quantitative estimate of drug-likeness (QED) is 0.714. The molecule has 0 spiro atoms. The molecule has 0 unspecified atom stereocenters. The lowest BCUT2D eigenvalue weighted by molar-refractivity contribution is 0.102. The van der Waals surface area contributed by atoms with Gasteiger partial charge in [-0.3, -0.25) is 4.79 Å². The number of phenolic OH excluding ortho intramolecular Hbond substituents is 1. The van der Waals surface area contributed by atoms with Crippen LogP contribution in [0.15, 0.2) is 48.5 Å². The van der Waals surface area contributed by atoms with Crippen LogP contribution in [0.5, 0.6) is 5.75 Å². The van der Waals surface area contributed by atoms with Crippen molar-refractivity contribution in [1.82, 2.24) is 5.32 Å². The molecule has 1 amide bonds. The Labute approximate surface area is 124 Å². The monoisotopic (exact) mass is 284 g/mol. The van der Waals surface area contributed by atoms with E-state index < -0.39 is 0 Å². The van der Waals surface area contributed by atoms with Crippen LogP contribution in [-0.4, -0.2) is 17.6 Å². The van der Waals surface area contributed by atoms with E-state index in [1.54, 1.807) is 12.1 Å². The smallest absolute Gasteiger partial charge is 0.255 e. The average molecular weight is 284 g/mol. The van der Waals surface area contributed by atoms with Crippen molar-refractivity contribution in [2.45, 2.75) is 19.9 Å². The van der Waals surface area contributed by atoms with Gasteiger partial charge in [0.1, 0.15) is 5.75 Å². The molecule has 2 rings (SSSR count). The van der Waals surface area contributed by atoms with Crippen LogP contribution in [0.25, 0.3) is 0 Å². The number of rotatable bonds is 6. The van der Waals surface area contributed by atoms with Gasteiger partial charge in [0, 0.05) is 17.8 Å². The molecule has 4 nitrogen and oxygen atoms in total. The number of benzene rings is 2. The molecule has 0 heterocycles. The number of hydrogen-bond donors (Lipinski definition) is 3. The fourth-order valence-electron chi connectivity index (χ4n) is 1.98. The Morgan fingerprint density at radius 2 is 1.90 bits per heavy atom. The number of amides is 1. The second-order valence-corrected chi connectivity index (χ2v) is 4.88. The minimum Gasteiger partial charge on any atom is -0.508 e. The SMILES string of the molecule is CCCNCc1cccc(NC(=O)c2ccc(O)cc2)c1. The zero-order chi connectivity index (χ0) is 15.1. The van der Waals surface area contributed by atoms with Crippen LogP contribution in [0.1, 0.15) is 29.3 Å². The van der Waals surface area contributed by atoms with Crippen molar-refractivity contribution in [3.63, 3.8) is 0 Å². The number of anilines is 1. The summed E-state index contributed by atoms with van der Waals surface area (Å²) in [5.41, 5.74) is 2.41. The van der Waals surface area contributed by atoms with Gasteiger partial charge in [0.05, 0.1) is 0 Å². The van der Waals surface area contributed by atoms with E-state index in [4.69, 9.17) is 0 Å². The molecule has 0 aromatic heterocycles. The van der Waals surface area contributed by atoms with Crippen LogP contribution in [0.4, 0.5) is 5.69 Å². The molecule has 0 aliphatic heterocycles. The lowest BCUT2D eigenvalue weighted by Gasteiger charge is -2.08. The number of hydrogen-bond acceptors (Lipinski definition) is 3. The molecule has 2 aromatic carbocycles. The van der Waals surface area contributed by atoms with E-state index in [-0.39, 0.29) is 11.7 Å². The highest BCUT2D eigenvalue weighted by molar-refractivity contribution is 6.04. The molecule has 0 bridgehead atoms. The van der Waals surface area contributed by atoms with Crippen LogP contribution in [0, 0.1) is 0 Å². The van der Waals surface area contributed by atoms with Gasteiger partial charge in [0.15, 0.2) is 0 Å². The van der Waals surface area contributed by atoms with E-state index in [0.29, 0.717) is 5.56 Å². The van der Waals surface area contributed by atoms with E-state index in [1.165, 1.54) is 12.1 Å². The maximum Gasteiger partial charge on any atom is 0.255 e. The lowest BCUT2D eigenvalue weighted by atomic mass is 10.1. The van der Waals surface area contributed by atoms with Crippen LogP contribution in [0.3, 0.4) is 0 Å². The first kappa shape index (κ1) is 15.1. The van der Waals surface area contributed by atoms with Crippen LogP contribution < -0.4 is 10.6 Å². The second-order valence-electron chi connectivity index (χ2n) is 4.88. The molecule has 0 radical (unpaired) electrons. The standard InChI is InChI=1S/C17H20N2O2/c1-2-10-18-12-13-4-3-5-15(11-13)19-17(21)14-6-8-16(20)9-7-14/h3-9,11,18,20H,2,10,12H2,1H3,(H,19,21). The van der Waals surface area contributed by atoms with Crippen LogP contribution in [0.2, 0.25) is 0 Å². The summed E-state index contributed by atoms with van der Waals surface area (Å²) in [6.45, 7) is 3.89. The first-order valence-electron chi connectivity index (χ1n) is 7.09. The third-order valence-corrected chi connectivity index (χ3v) is 3.07. The first-order chi connectivity index (χ1) is 10.2. The van der Waals surface area contributed by atoms with Gasteiger partial charge in [-0.1, -0.05) is 19.1 Å². The van der Waals surface area contributed by atoms with Crippen molar-refractivity contribution in [3.8, 4) is 5.75 Å². The van der Waals surface area contributed by atoms with Gasteiger partial charge in [-0.05, 0) is 54.9 Å². The Balaban J connectivity index is 2.00. The molecule has 0 fully saturated rings. The van der Waals surface area contributed by atoms with Crippen molar-refractivity contribution in [1.29, 1.82) is 0 Å². The molecule has 0 saturated heterocycles. The second kappa shape index (κ2) is 7.45. The minimum absolute atomic E-state index is 0.149. The Morgan fingerprint density at radius 3 is 2.62 bits per heavy atom. The molecule has 0 saturated carbocycles. The molecule has 2 aromatic rings. The average Bonchev–Trinajstić information content (AvgIpc) is 2.48. The number of carbonyl (C=O) groups is 1. The molecule has 21 heavy (non-hydrogen) atoms. The summed E-state index contributed by atoms with van der Waals surface area (Å²) in [7, 11) is 0. The third-order valence-electron chi connectivity index (χ3n) is 3.07. The van der Waals surface area contributed by atoms with E-state index in [1.807, 2.05) is 24.3 Å². The fourth-order valence-corrected chi connectivity index (χ4v) is 1.98. The van der Waals surface area contributed by atoms with Gasteiger partial charge in [0.25, 0.3) is 5.91 Å². The molecular formula is C17H20N2O2. The van der Waals surface area contributed by atoms with Gasteiger partial charge < -0.3 is 15.7 Å². The number of carbonyl (C=O) groups excluding carboxylic acids is 1. The number of aromatic hydroxyl groups is 1. The van der Waals surface area contributed by atoms with Gasteiger partial charge in [0.2, 0.25) is 0 Å². The van der Waals surface area contributed by atoms with E-state index in [2.05, 4.69) is 17.6 Å². The summed E-state index contributed by atoms with van der Waals surface area (Å²) in [6, 6.07) is 14.0. The molecule has 0 atom stereocenters. The topological polar surface area (TPSA) is 61.4 Å². The van der Waals surface area contributed by atoms with E-state index in [9.17, 15) is 9.90 Å². The Morgan fingerprint density at radius 1 is 1.14 bits per heavy atom. The van der Waals surface area contributed by atoms with Crippen LogP contribution >= 0.6 is 0 Å². The largest absolute Gasteiger partial charge is 0.508 e. The summed E-state index contributed by atoms with van der Waals surface area (Å²) in [5.74, 6) is -0.0378. The molecule has 0 aliphatic rings. The normalized spacial score (nSPS) is 10.3. The maximum atomic E-state index is 12.1. The summed E-state index contributed by atoms with van der Waals surface area (Å²) >= 11 is 0. The summed E-state index contributed by atoms with van der Waals surface area (Å²) in [5, 5.41) is 15.4. The first-order valence-corrected chi connectivity index (χ1v) is 7.09. The van der Waals surface area contributed by atoms with E-state index >= 15 is 0 Å². The Hall–Kier alpha value is -2.33. The molecule has 0 aliphatic carbocycles. The Kier molecular flexibility index (Phi) is 5.35. The zero-order valence-electron chi connectivity index (χ0n) is 12.1. The number of phenols is 1. The molecule has 3 N–H and O–H groups in total. The zero-order valence-corrected chi connectivity index (χ0v) is 12.1. The lowest BCUT2D eigenvalue weighted by Crippen LogP contribution is -2.15. The predicted octanol–water partition coefficient (Wildman–Crippen LogP) is 3.14. The highest BCUT2D eigenvalue weighted by Crippen LogP contribution is 2.14. The van der Waals surface area contributed by atoms with Crippen molar-refractivity contribution >= 4 is 11.6 Å². The van der Waals surface area contributed by atoms with Gasteiger partial charge in [-0.25, -0.2) is 0 Å². The highest BCUT2D eigenvalue weighted by atomic mass is 16.3. The molecular weight excluding hydrogens is 264 g/mol. The van der Waals surface area contributed by atoms with Gasteiger partial charge >= 0.3 is 0 Å². The summed E-state index contributed by atoms with van der Waals surface area (Å²) in [6.07, 6.45) is 1.09. The minimum atomic E-state index is -0.186. The molecule has 110 valence electrons. The number of nitrogens with one attached hydrogen (secondary N) is 2. The van der Waals surface area contributed by atoms with Crippen molar-refractivity contribution < 1.29 is 9.90 Å². The van der Waals surface area contributed by atoms with Gasteiger partial charge in [-0.2, -0.15) is 0 Å². The van der Waals surface area contributed by atoms with Crippen molar-refractivity contribution in [2.24, 2.45) is 0 Å². The van der Waals surface area contributed by atoms with Gasteiger partial charge in [-0.15, -0.1) is 0 Å². The molecule has 4 heteroatoms. The maximum absolute atomic E-state index is 12.1. The predicted molar refractivity (Wildman–Crippen MR) is 84.5 cm³/mol.